The zero-order chi connectivity index (χ0) is 14.5. The van der Waals surface area contributed by atoms with Crippen LogP contribution in [0.1, 0.15) is 12.6 Å². The monoisotopic (exact) mass is 294 g/mol. The lowest BCUT2D eigenvalue weighted by atomic mass is 10.2. The largest absolute Gasteiger partial charge is 0.392 e. The molecule has 1 aromatic carbocycles. The maximum atomic E-state index is 13.1. The smallest absolute Gasteiger partial charge is 0.226 e. The van der Waals surface area contributed by atoms with Gasteiger partial charge in [-0.25, -0.2) is 9.37 Å². The van der Waals surface area contributed by atoms with E-state index in [2.05, 4.69) is 10.3 Å². The molecule has 0 saturated carbocycles. The Labute approximate surface area is 120 Å². The molecule has 2 N–H and O–H groups in total. The Bertz CT molecular complexity index is 598. The molecule has 0 aliphatic rings. The second-order valence-electron chi connectivity index (χ2n) is 4.48. The highest BCUT2D eigenvalue weighted by Gasteiger charge is 2.10. The minimum absolute atomic E-state index is 0.151. The summed E-state index contributed by atoms with van der Waals surface area (Å²) < 4.78 is 13.1. The summed E-state index contributed by atoms with van der Waals surface area (Å²) in [6, 6.07) is 6.19. The quantitative estimate of drug-likeness (QED) is 0.886. The highest BCUT2D eigenvalue weighted by atomic mass is 32.1. The lowest BCUT2D eigenvalue weighted by Gasteiger charge is -2.05. The third-order valence-corrected chi connectivity index (χ3v) is 3.50. The second-order valence-corrected chi connectivity index (χ2v) is 5.34. The zero-order valence-corrected chi connectivity index (χ0v) is 11.8. The van der Waals surface area contributed by atoms with Crippen LogP contribution in [-0.4, -0.2) is 28.6 Å². The number of hydrogen-bond donors (Lipinski definition) is 2. The van der Waals surface area contributed by atoms with Crippen LogP contribution in [0.3, 0.4) is 0 Å². The van der Waals surface area contributed by atoms with Crippen molar-refractivity contribution in [1.82, 2.24) is 10.3 Å². The van der Waals surface area contributed by atoms with Gasteiger partial charge in [0, 0.05) is 17.5 Å². The lowest BCUT2D eigenvalue weighted by molar-refractivity contribution is -0.120. The predicted octanol–water partition coefficient (Wildman–Crippen LogP) is 1.99. The number of aliphatic hydroxyl groups is 1. The van der Waals surface area contributed by atoms with Crippen molar-refractivity contribution in [2.24, 2.45) is 0 Å². The van der Waals surface area contributed by atoms with Gasteiger partial charge in [0.1, 0.15) is 10.8 Å². The van der Waals surface area contributed by atoms with Crippen LogP contribution in [0.2, 0.25) is 0 Å². The molecule has 2 aromatic rings. The SMILES string of the molecule is CC(O)CNC(=O)Cc1csc(-c2cccc(F)c2)n1. The van der Waals surface area contributed by atoms with Crippen LogP contribution >= 0.6 is 11.3 Å². The van der Waals surface area contributed by atoms with E-state index in [1.165, 1.54) is 23.5 Å². The average Bonchev–Trinajstić information content (AvgIpc) is 2.85. The first-order valence-electron chi connectivity index (χ1n) is 6.19. The van der Waals surface area contributed by atoms with Gasteiger partial charge < -0.3 is 10.4 Å². The molecule has 1 amide bonds. The summed E-state index contributed by atoms with van der Waals surface area (Å²) in [5, 5.41) is 14.1. The number of carbonyl (C=O) groups is 1. The van der Waals surface area contributed by atoms with Gasteiger partial charge in [0.2, 0.25) is 5.91 Å². The van der Waals surface area contributed by atoms with E-state index in [0.717, 1.165) is 0 Å². The van der Waals surface area contributed by atoms with Gasteiger partial charge in [-0.15, -0.1) is 11.3 Å². The van der Waals surface area contributed by atoms with E-state index in [1.807, 2.05) is 0 Å². The summed E-state index contributed by atoms with van der Waals surface area (Å²) in [5.41, 5.74) is 1.34. The third-order valence-electron chi connectivity index (χ3n) is 2.56. The van der Waals surface area contributed by atoms with Gasteiger partial charge >= 0.3 is 0 Å². The second kappa shape index (κ2) is 6.58. The number of rotatable bonds is 5. The Kier molecular flexibility index (Phi) is 4.81. The minimum atomic E-state index is -0.572. The standard InChI is InChI=1S/C14H15FN2O2S/c1-9(18)7-16-13(19)6-12-8-20-14(17-12)10-3-2-4-11(15)5-10/h2-5,8-9,18H,6-7H2,1H3,(H,16,19). The van der Waals surface area contributed by atoms with Crippen molar-refractivity contribution < 1.29 is 14.3 Å². The van der Waals surface area contributed by atoms with E-state index in [9.17, 15) is 9.18 Å². The van der Waals surface area contributed by atoms with Crippen molar-refractivity contribution >= 4 is 17.2 Å². The first-order chi connectivity index (χ1) is 9.54. The summed E-state index contributed by atoms with van der Waals surface area (Å²) in [6.07, 6.45) is -0.421. The summed E-state index contributed by atoms with van der Waals surface area (Å²) in [6.45, 7) is 1.82. The molecule has 1 unspecified atom stereocenters. The molecule has 0 bridgehead atoms. The van der Waals surface area contributed by atoms with E-state index in [-0.39, 0.29) is 24.7 Å². The molecule has 0 fully saturated rings. The van der Waals surface area contributed by atoms with Crippen LogP contribution < -0.4 is 5.32 Å². The van der Waals surface area contributed by atoms with E-state index in [0.29, 0.717) is 16.3 Å². The number of aromatic nitrogens is 1. The predicted molar refractivity (Wildman–Crippen MR) is 75.9 cm³/mol. The van der Waals surface area contributed by atoms with Gasteiger partial charge in [0.15, 0.2) is 0 Å². The fraction of sp³-hybridized carbons (Fsp3) is 0.286. The Balaban J connectivity index is 2.00. The molecule has 6 heteroatoms. The van der Waals surface area contributed by atoms with Crippen molar-refractivity contribution in [3.05, 3.63) is 41.2 Å². The van der Waals surface area contributed by atoms with Crippen LogP contribution in [0, 0.1) is 5.82 Å². The molecular weight excluding hydrogens is 279 g/mol. The third kappa shape index (κ3) is 4.11. The fourth-order valence-electron chi connectivity index (χ4n) is 1.63. The highest BCUT2D eigenvalue weighted by molar-refractivity contribution is 7.13. The summed E-state index contributed by atoms with van der Waals surface area (Å²) in [5.74, 6) is -0.504. The molecule has 4 nitrogen and oxygen atoms in total. The van der Waals surface area contributed by atoms with Gasteiger partial charge in [-0.1, -0.05) is 12.1 Å². The number of carbonyl (C=O) groups excluding carboxylic acids is 1. The molecule has 0 spiro atoms. The Morgan fingerprint density at radius 1 is 1.55 bits per heavy atom. The van der Waals surface area contributed by atoms with E-state index < -0.39 is 6.10 Å². The number of nitrogens with one attached hydrogen (secondary N) is 1. The molecule has 0 saturated heterocycles. The molecule has 0 aliphatic carbocycles. The zero-order valence-electron chi connectivity index (χ0n) is 11.0. The first-order valence-corrected chi connectivity index (χ1v) is 7.07. The summed E-state index contributed by atoms with van der Waals surface area (Å²) >= 11 is 1.37. The molecule has 0 aliphatic heterocycles. The Morgan fingerprint density at radius 3 is 3.05 bits per heavy atom. The van der Waals surface area contributed by atoms with Crippen molar-refractivity contribution in [2.45, 2.75) is 19.4 Å². The van der Waals surface area contributed by atoms with Gasteiger partial charge in [-0.2, -0.15) is 0 Å². The van der Waals surface area contributed by atoms with Crippen LogP contribution in [0.5, 0.6) is 0 Å². The number of aliphatic hydroxyl groups excluding tert-OH is 1. The number of hydrogen-bond acceptors (Lipinski definition) is 4. The molecule has 2 rings (SSSR count). The van der Waals surface area contributed by atoms with Gasteiger partial charge in [-0.3, -0.25) is 4.79 Å². The minimum Gasteiger partial charge on any atom is -0.392 e. The first kappa shape index (κ1) is 14.6. The Hall–Kier alpha value is -1.79. The normalized spacial score (nSPS) is 12.2. The van der Waals surface area contributed by atoms with E-state index in [1.54, 1.807) is 24.4 Å². The van der Waals surface area contributed by atoms with Crippen LogP contribution in [0.25, 0.3) is 10.6 Å². The molecule has 1 aromatic heterocycles. The number of amides is 1. The fourth-order valence-corrected chi connectivity index (χ4v) is 2.45. The van der Waals surface area contributed by atoms with Crippen LogP contribution in [-0.2, 0) is 11.2 Å². The molecule has 0 radical (unpaired) electrons. The van der Waals surface area contributed by atoms with Crippen LogP contribution in [0.4, 0.5) is 4.39 Å². The van der Waals surface area contributed by atoms with Crippen LogP contribution in [0.15, 0.2) is 29.6 Å². The van der Waals surface area contributed by atoms with Crippen molar-refractivity contribution in [2.75, 3.05) is 6.54 Å². The van der Waals surface area contributed by atoms with Gasteiger partial charge in [0.05, 0.1) is 18.2 Å². The van der Waals surface area contributed by atoms with Crippen molar-refractivity contribution in [1.29, 1.82) is 0 Å². The number of benzene rings is 1. The van der Waals surface area contributed by atoms with E-state index >= 15 is 0 Å². The van der Waals surface area contributed by atoms with Crippen molar-refractivity contribution in [3.8, 4) is 10.6 Å². The topological polar surface area (TPSA) is 62.2 Å². The number of nitrogens with zero attached hydrogens (tertiary/aromatic N) is 1. The Morgan fingerprint density at radius 2 is 2.35 bits per heavy atom. The lowest BCUT2D eigenvalue weighted by Crippen LogP contribution is -2.31. The maximum Gasteiger partial charge on any atom is 0.226 e. The summed E-state index contributed by atoms with van der Waals surface area (Å²) in [7, 11) is 0. The number of halogens is 1. The van der Waals surface area contributed by atoms with Crippen molar-refractivity contribution in [3.63, 3.8) is 0 Å². The van der Waals surface area contributed by atoms with Gasteiger partial charge in [-0.05, 0) is 19.1 Å². The molecule has 1 heterocycles. The van der Waals surface area contributed by atoms with E-state index in [4.69, 9.17) is 5.11 Å². The molecule has 1 atom stereocenters. The summed E-state index contributed by atoms with van der Waals surface area (Å²) in [4.78, 5) is 15.9. The molecule has 20 heavy (non-hydrogen) atoms. The highest BCUT2D eigenvalue weighted by Crippen LogP contribution is 2.24. The molecule has 106 valence electrons. The number of thiazole rings is 1. The average molecular weight is 294 g/mol. The maximum absolute atomic E-state index is 13.1. The molecular formula is C14H15FN2O2S. The van der Waals surface area contributed by atoms with Gasteiger partial charge in [0.25, 0.3) is 0 Å².